The van der Waals surface area contributed by atoms with Crippen molar-refractivity contribution in [3.05, 3.63) is 64.7 Å². The van der Waals surface area contributed by atoms with Gasteiger partial charge >= 0.3 is 0 Å². The van der Waals surface area contributed by atoms with Crippen LogP contribution in [0.1, 0.15) is 97.1 Å². The summed E-state index contributed by atoms with van der Waals surface area (Å²) in [5.41, 5.74) is 3.46. The van der Waals surface area contributed by atoms with E-state index in [0.717, 1.165) is 47.8 Å². The van der Waals surface area contributed by atoms with Crippen molar-refractivity contribution < 1.29 is 19.2 Å². The highest BCUT2D eigenvalue weighted by Gasteiger charge is 2.40. The number of thioether (sulfide) groups is 1. The molecule has 230 valence electrons. The Balaban J connectivity index is 1.12. The molecule has 0 spiro atoms. The van der Waals surface area contributed by atoms with Gasteiger partial charge in [0.05, 0.1) is 5.56 Å². The van der Waals surface area contributed by atoms with Crippen LogP contribution in [-0.4, -0.2) is 53.3 Å². The fourth-order valence-electron chi connectivity index (χ4n) is 7.70. The first kappa shape index (κ1) is 31.5. The van der Waals surface area contributed by atoms with Crippen molar-refractivity contribution in [2.24, 2.45) is 17.8 Å². The van der Waals surface area contributed by atoms with Gasteiger partial charge in [-0.1, -0.05) is 43.3 Å². The Labute approximate surface area is 259 Å². The number of carbonyl (C=O) groups excluding carboxylic acids is 4. The van der Waals surface area contributed by atoms with E-state index in [-0.39, 0.29) is 30.2 Å². The Morgan fingerprint density at radius 1 is 1.07 bits per heavy atom. The van der Waals surface area contributed by atoms with Gasteiger partial charge in [-0.15, -0.1) is 11.8 Å². The van der Waals surface area contributed by atoms with Gasteiger partial charge in [-0.25, -0.2) is 0 Å². The molecule has 3 aliphatic rings. The van der Waals surface area contributed by atoms with Gasteiger partial charge in [-0.05, 0) is 99.0 Å². The monoisotopic (exact) mass is 603 g/mol. The Morgan fingerprint density at radius 3 is 2.44 bits per heavy atom. The van der Waals surface area contributed by atoms with E-state index < -0.39 is 11.9 Å². The molecule has 7 nitrogen and oxygen atoms in total. The molecule has 5 rings (SSSR count). The summed E-state index contributed by atoms with van der Waals surface area (Å²) >= 11 is 1.55. The molecule has 3 fully saturated rings. The van der Waals surface area contributed by atoms with Crippen LogP contribution in [0.2, 0.25) is 0 Å². The molecule has 3 amide bonds. The maximum atomic E-state index is 13.5. The van der Waals surface area contributed by atoms with Crippen LogP contribution in [0.4, 0.5) is 0 Å². The predicted molar refractivity (Wildman–Crippen MR) is 170 cm³/mol. The maximum Gasteiger partial charge on any atom is 0.256 e. The predicted octanol–water partition coefficient (Wildman–Crippen LogP) is 5.80. The second-order valence-electron chi connectivity index (χ2n) is 13.4. The van der Waals surface area contributed by atoms with Gasteiger partial charge in [0.15, 0.2) is 6.29 Å². The molecule has 43 heavy (non-hydrogen) atoms. The molecule has 2 aromatic carbocycles. The van der Waals surface area contributed by atoms with E-state index in [2.05, 4.69) is 48.7 Å². The van der Waals surface area contributed by atoms with E-state index in [1.807, 2.05) is 6.07 Å². The third kappa shape index (κ3) is 7.76. The number of benzene rings is 2. The number of fused-ring (bicyclic) bond motifs is 2. The number of rotatable bonds is 11. The summed E-state index contributed by atoms with van der Waals surface area (Å²) in [4.78, 5) is 51.3. The van der Waals surface area contributed by atoms with Crippen LogP contribution in [-0.2, 0) is 22.6 Å². The second-order valence-corrected chi connectivity index (χ2v) is 14.5. The number of nitrogens with zero attached hydrogens (tertiary/aromatic N) is 1. The average molecular weight is 604 g/mol. The van der Waals surface area contributed by atoms with Crippen molar-refractivity contribution in [3.8, 4) is 0 Å². The number of aldehydes is 1. The average Bonchev–Trinajstić information content (AvgIpc) is 2.97. The molecule has 2 aromatic rings. The highest BCUT2D eigenvalue weighted by atomic mass is 32.2. The lowest BCUT2D eigenvalue weighted by atomic mass is 9.62. The SMILES string of the molecule is CC1CC2CC(C1)CC(C)(NCc1ccc(CCCSc3cccc(C=O)c3C(=O)N(C)C3CCC(=O)NC3=O)cc1)C2. The van der Waals surface area contributed by atoms with Crippen molar-refractivity contribution in [3.63, 3.8) is 0 Å². The van der Waals surface area contributed by atoms with E-state index in [9.17, 15) is 19.2 Å². The first-order chi connectivity index (χ1) is 20.6. The van der Waals surface area contributed by atoms with Crippen LogP contribution in [0.3, 0.4) is 0 Å². The highest BCUT2D eigenvalue weighted by molar-refractivity contribution is 7.99. The van der Waals surface area contributed by atoms with Crippen LogP contribution in [0.15, 0.2) is 47.4 Å². The molecule has 8 heteroatoms. The van der Waals surface area contributed by atoms with Crippen LogP contribution >= 0.6 is 11.8 Å². The molecule has 0 radical (unpaired) electrons. The normalized spacial score (nSPS) is 27.0. The molecule has 3 unspecified atom stereocenters. The number of hydrogen-bond donors (Lipinski definition) is 2. The standard InChI is InChI=1S/C35H45N3O4S/c1-23-16-26-18-27(17-23)20-35(2,19-26)36-21-25-11-9-24(10-12-25)6-5-15-43-30-8-4-7-28(22-39)32(30)34(42)38(3)29-13-14-31(40)37-33(29)41/h4,7-12,22-23,26-27,29,36H,5-6,13-21H2,1-3H3,(H,37,40,41). The second kappa shape index (κ2) is 13.8. The largest absolute Gasteiger partial charge is 0.330 e. The molecule has 1 heterocycles. The van der Waals surface area contributed by atoms with E-state index >= 15 is 0 Å². The molecule has 2 N–H and O–H groups in total. The van der Waals surface area contributed by atoms with Gasteiger partial charge in [0.25, 0.3) is 5.91 Å². The van der Waals surface area contributed by atoms with Crippen molar-refractivity contribution in [1.29, 1.82) is 0 Å². The fourth-order valence-corrected chi connectivity index (χ4v) is 8.73. The number of aryl methyl sites for hydroxylation is 1. The number of likely N-dealkylation sites (N-methyl/N-ethyl adjacent to an activating group) is 1. The first-order valence-electron chi connectivity index (χ1n) is 15.8. The van der Waals surface area contributed by atoms with E-state index in [1.54, 1.807) is 30.9 Å². The first-order valence-corrected chi connectivity index (χ1v) is 16.8. The Kier molecular flexibility index (Phi) is 10.1. The minimum absolute atomic E-state index is 0.183. The minimum atomic E-state index is -0.741. The van der Waals surface area contributed by atoms with Crippen molar-refractivity contribution in [1.82, 2.24) is 15.5 Å². The summed E-state index contributed by atoms with van der Waals surface area (Å²) in [5, 5.41) is 6.21. The molecule has 3 atom stereocenters. The number of carbonyl (C=O) groups is 4. The summed E-state index contributed by atoms with van der Waals surface area (Å²) in [6.45, 7) is 5.74. The van der Waals surface area contributed by atoms with Gasteiger partial charge in [-0.2, -0.15) is 0 Å². The van der Waals surface area contributed by atoms with E-state index in [1.165, 1.54) is 48.1 Å². The Bertz CT molecular complexity index is 1330. The topological polar surface area (TPSA) is 95.6 Å². The molecular formula is C35H45N3O4S. The number of amides is 3. The zero-order chi connectivity index (χ0) is 30.6. The van der Waals surface area contributed by atoms with Crippen molar-refractivity contribution in [2.75, 3.05) is 12.8 Å². The zero-order valence-electron chi connectivity index (χ0n) is 25.7. The number of imide groups is 1. The van der Waals surface area contributed by atoms with Gasteiger partial charge in [-0.3, -0.25) is 24.5 Å². The lowest BCUT2D eigenvalue weighted by Crippen LogP contribution is -2.53. The van der Waals surface area contributed by atoms with Gasteiger partial charge in [0, 0.05) is 36.0 Å². The number of nitrogens with one attached hydrogen (secondary N) is 2. The summed E-state index contributed by atoms with van der Waals surface area (Å²) < 4.78 is 0. The van der Waals surface area contributed by atoms with Gasteiger partial charge in [0.2, 0.25) is 11.8 Å². The minimum Gasteiger partial charge on any atom is -0.330 e. The van der Waals surface area contributed by atoms with Crippen LogP contribution < -0.4 is 10.6 Å². The molecule has 0 aromatic heterocycles. The highest BCUT2D eigenvalue weighted by Crippen LogP contribution is 2.46. The lowest BCUT2D eigenvalue weighted by Gasteiger charge is -2.47. The van der Waals surface area contributed by atoms with E-state index in [0.29, 0.717) is 17.4 Å². The van der Waals surface area contributed by atoms with Crippen LogP contribution in [0, 0.1) is 17.8 Å². The summed E-state index contributed by atoms with van der Waals surface area (Å²) in [6, 6.07) is 13.4. The van der Waals surface area contributed by atoms with Crippen LogP contribution in [0.25, 0.3) is 0 Å². The fraction of sp³-hybridized carbons (Fsp3) is 0.543. The zero-order valence-corrected chi connectivity index (χ0v) is 26.5. The summed E-state index contributed by atoms with van der Waals surface area (Å²) in [5.74, 6) is 2.23. The van der Waals surface area contributed by atoms with Gasteiger partial charge in [0.1, 0.15) is 6.04 Å². The van der Waals surface area contributed by atoms with Gasteiger partial charge < -0.3 is 10.2 Å². The molecule has 2 saturated carbocycles. The van der Waals surface area contributed by atoms with Crippen molar-refractivity contribution >= 4 is 35.8 Å². The molecular weight excluding hydrogens is 558 g/mol. The maximum absolute atomic E-state index is 13.5. The molecule has 1 aliphatic heterocycles. The Morgan fingerprint density at radius 2 is 1.77 bits per heavy atom. The molecule has 2 bridgehead atoms. The molecule has 1 saturated heterocycles. The quantitative estimate of drug-likeness (QED) is 0.146. The lowest BCUT2D eigenvalue weighted by molar-refractivity contribution is -0.136. The Hall–Kier alpha value is -2.97. The third-order valence-electron chi connectivity index (χ3n) is 9.62. The number of piperidine rings is 1. The van der Waals surface area contributed by atoms with E-state index in [4.69, 9.17) is 0 Å². The summed E-state index contributed by atoms with van der Waals surface area (Å²) in [7, 11) is 1.55. The summed E-state index contributed by atoms with van der Waals surface area (Å²) in [6.07, 6.45) is 9.77. The van der Waals surface area contributed by atoms with Crippen LogP contribution in [0.5, 0.6) is 0 Å². The molecule has 2 aliphatic carbocycles. The van der Waals surface area contributed by atoms with Crippen molar-refractivity contribution in [2.45, 2.75) is 94.7 Å². The smallest absolute Gasteiger partial charge is 0.256 e. The third-order valence-corrected chi connectivity index (χ3v) is 10.8. The number of hydrogen-bond acceptors (Lipinski definition) is 6.